The van der Waals surface area contributed by atoms with Gasteiger partial charge in [-0.25, -0.2) is 9.97 Å². The van der Waals surface area contributed by atoms with Gasteiger partial charge in [-0.05, 0) is 0 Å². The second kappa shape index (κ2) is 2.83. The van der Waals surface area contributed by atoms with Gasteiger partial charge in [0, 0.05) is 25.2 Å². The maximum Gasteiger partial charge on any atom is 0.199 e. The Labute approximate surface area is 97.2 Å². The number of rotatable bonds is 2. The average molecular weight is 232 g/mol. The van der Waals surface area contributed by atoms with Crippen molar-refractivity contribution < 1.29 is 9.84 Å². The number of hydrogen-bond acceptors (Lipinski definition) is 5. The highest BCUT2D eigenvalue weighted by molar-refractivity contribution is 5.68. The number of hydrogen-bond donors (Lipinski definition) is 1. The van der Waals surface area contributed by atoms with Crippen LogP contribution in [0, 0.1) is 0 Å². The van der Waals surface area contributed by atoms with E-state index in [-0.39, 0.29) is 17.7 Å². The van der Waals surface area contributed by atoms with Gasteiger partial charge in [0.05, 0.1) is 30.6 Å². The van der Waals surface area contributed by atoms with Gasteiger partial charge >= 0.3 is 0 Å². The highest BCUT2D eigenvalue weighted by atomic mass is 16.5. The molecule has 0 amide bonds. The maximum atomic E-state index is 9.28. The Hall–Kier alpha value is -1.53. The van der Waals surface area contributed by atoms with Gasteiger partial charge in [0.15, 0.2) is 5.65 Å². The lowest BCUT2D eigenvalue weighted by molar-refractivity contribution is -0.0570. The average Bonchev–Trinajstić information content (AvgIpc) is 2.99. The number of fused-ring (bicyclic) bond motifs is 2. The third kappa shape index (κ3) is 1.09. The predicted octanol–water partition coefficient (Wildman–Crippen LogP) is 0.0767. The molecule has 0 spiro atoms. The van der Waals surface area contributed by atoms with Gasteiger partial charge in [-0.2, -0.15) is 0 Å². The van der Waals surface area contributed by atoms with Crippen LogP contribution in [-0.2, 0) is 10.3 Å². The Morgan fingerprint density at radius 1 is 1.35 bits per heavy atom. The molecule has 6 nitrogen and oxygen atoms in total. The lowest BCUT2D eigenvalue weighted by Crippen LogP contribution is -2.52. The van der Waals surface area contributed by atoms with Gasteiger partial charge in [-0.1, -0.05) is 0 Å². The molecule has 0 unspecified atom stereocenters. The van der Waals surface area contributed by atoms with Crippen LogP contribution in [0.15, 0.2) is 18.6 Å². The van der Waals surface area contributed by atoms with E-state index in [9.17, 15) is 5.11 Å². The van der Waals surface area contributed by atoms with Crippen molar-refractivity contribution in [2.24, 2.45) is 0 Å². The Bertz CT molecular complexity index is 555. The molecule has 0 aromatic carbocycles. The molecule has 17 heavy (non-hydrogen) atoms. The number of ether oxygens (including phenoxy) is 1. The molecular weight excluding hydrogens is 220 g/mol. The first kappa shape index (κ1) is 9.49. The lowest BCUT2D eigenvalue weighted by Gasteiger charge is -2.43. The molecule has 1 saturated carbocycles. The molecule has 0 atom stereocenters. The number of nitrogens with zero attached hydrogens (tertiary/aromatic N) is 4. The molecule has 2 aromatic rings. The summed E-state index contributed by atoms with van der Waals surface area (Å²) in [5.41, 5.74) is 1.05. The van der Waals surface area contributed by atoms with Gasteiger partial charge in [0.25, 0.3) is 0 Å². The zero-order valence-electron chi connectivity index (χ0n) is 9.20. The smallest absolute Gasteiger partial charge is 0.199 e. The normalized spacial score (nSPS) is 35.1. The molecule has 4 heterocycles. The molecule has 2 aliphatic heterocycles. The van der Waals surface area contributed by atoms with E-state index in [1.54, 1.807) is 12.4 Å². The molecule has 2 saturated heterocycles. The highest BCUT2D eigenvalue weighted by Gasteiger charge is 2.64. The molecule has 2 aromatic heterocycles. The summed E-state index contributed by atoms with van der Waals surface area (Å²) in [4.78, 5) is 8.40. The van der Waals surface area contributed by atoms with Gasteiger partial charge in [0.2, 0.25) is 0 Å². The first-order chi connectivity index (χ1) is 8.25. The highest BCUT2D eigenvalue weighted by Crippen LogP contribution is 2.55. The second-order valence-electron chi connectivity index (χ2n) is 5.05. The number of aromatic nitrogens is 4. The van der Waals surface area contributed by atoms with Crippen molar-refractivity contribution in [3.63, 3.8) is 0 Å². The van der Waals surface area contributed by atoms with E-state index in [4.69, 9.17) is 4.74 Å². The SMILES string of the molecule is OCC12CC(n3cc4nccnc4n3)(CO1)C2. The monoisotopic (exact) mass is 232 g/mol. The minimum atomic E-state index is -0.320. The molecule has 0 radical (unpaired) electrons. The summed E-state index contributed by atoms with van der Waals surface area (Å²) < 4.78 is 7.58. The van der Waals surface area contributed by atoms with Crippen LogP contribution in [0.2, 0.25) is 0 Å². The van der Waals surface area contributed by atoms with Crippen LogP contribution < -0.4 is 0 Å². The molecular formula is C11H12N4O2. The van der Waals surface area contributed by atoms with E-state index in [1.807, 2.05) is 10.9 Å². The van der Waals surface area contributed by atoms with Gasteiger partial charge in [-0.3, -0.25) is 4.68 Å². The summed E-state index contributed by atoms with van der Waals surface area (Å²) >= 11 is 0. The van der Waals surface area contributed by atoms with Crippen LogP contribution in [0.1, 0.15) is 12.8 Å². The minimum absolute atomic E-state index is 0.0893. The van der Waals surface area contributed by atoms with E-state index in [0.29, 0.717) is 12.3 Å². The van der Waals surface area contributed by atoms with Crippen molar-refractivity contribution >= 4 is 11.2 Å². The van der Waals surface area contributed by atoms with Crippen LogP contribution in [0.3, 0.4) is 0 Å². The molecule has 6 heteroatoms. The first-order valence-electron chi connectivity index (χ1n) is 5.67. The van der Waals surface area contributed by atoms with E-state index in [1.165, 1.54) is 0 Å². The predicted molar refractivity (Wildman–Crippen MR) is 58.3 cm³/mol. The molecule has 3 fully saturated rings. The van der Waals surface area contributed by atoms with Crippen LogP contribution in [-0.4, -0.2) is 43.7 Å². The zero-order valence-corrected chi connectivity index (χ0v) is 9.20. The number of aliphatic hydroxyl groups excluding tert-OH is 1. The Balaban J connectivity index is 1.77. The molecule has 3 aliphatic rings. The first-order valence-corrected chi connectivity index (χ1v) is 5.67. The van der Waals surface area contributed by atoms with Crippen LogP contribution in [0.4, 0.5) is 0 Å². The summed E-state index contributed by atoms with van der Waals surface area (Å²) in [7, 11) is 0. The van der Waals surface area contributed by atoms with Crippen LogP contribution >= 0.6 is 0 Å². The van der Waals surface area contributed by atoms with Crippen LogP contribution in [0.5, 0.6) is 0 Å². The summed E-state index contributed by atoms with van der Waals surface area (Å²) in [5.74, 6) is 0. The number of aliphatic hydroxyl groups is 1. The quantitative estimate of drug-likeness (QED) is 0.793. The van der Waals surface area contributed by atoms with Gasteiger partial charge < -0.3 is 9.84 Å². The zero-order chi connectivity index (χ0) is 11.5. The Morgan fingerprint density at radius 3 is 2.88 bits per heavy atom. The fraction of sp³-hybridized carbons (Fsp3) is 0.545. The summed E-state index contributed by atoms with van der Waals surface area (Å²) in [6, 6.07) is 0. The van der Waals surface area contributed by atoms with Crippen molar-refractivity contribution in [1.82, 2.24) is 19.7 Å². The fourth-order valence-corrected chi connectivity index (χ4v) is 3.02. The molecule has 88 valence electrons. The van der Waals surface area contributed by atoms with E-state index < -0.39 is 0 Å². The lowest BCUT2D eigenvalue weighted by atomic mass is 9.69. The maximum absolute atomic E-state index is 9.28. The largest absolute Gasteiger partial charge is 0.393 e. The second-order valence-corrected chi connectivity index (χ2v) is 5.05. The van der Waals surface area contributed by atoms with Crippen LogP contribution in [0.25, 0.3) is 11.2 Å². The third-order valence-electron chi connectivity index (χ3n) is 3.88. The topological polar surface area (TPSA) is 73.1 Å². The van der Waals surface area contributed by atoms with E-state index in [0.717, 1.165) is 18.4 Å². The van der Waals surface area contributed by atoms with Gasteiger partial charge in [0.1, 0.15) is 5.52 Å². The third-order valence-corrected chi connectivity index (χ3v) is 3.88. The summed E-state index contributed by atoms with van der Waals surface area (Å²) in [6.07, 6.45) is 6.87. The van der Waals surface area contributed by atoms with Crippen molar-refractivity contribution in [2.45, 2.75) is 24.0 Å². The molecule has 1 N–H and O–H groups in total. The van der Waals surface area contributed by atoms with Crippen molar-refractivity contribution in [1.29, 1.82) is 0 Å². The summed E-state index contributed by atoms with van der Waals surface area (Å²) in [6.45, 7) is 0.702. The molecule has 1 aliphatic carbocycles. The van der Waals surface area contributed by atoms with Crippen molar-refractivity contribution in [3.8, 4) is 0 Å². The Morgan fingerprint density at radius 2 is 2.18 bits per heavy atom. The Kier molecular flexibility index (Phi) is 1.58. The molecule has 5 rings (SSSR count). The van der Waals surface area contributed by atoms with Crippen molar-refractivity contribution in [3.05, 3.63) is 18.6 Å². The molecule has 2 bridgehead atoms. The standard InChI is InChI=1S/C11H12N4O2/c16-6-11-4-10(5-11,7-17-11)15-3-8-9(14-15)13-2-1-12-8/h1-3,16H,4-7H2. The van der Waals surface area contributed by atoms with Crippen molar-refractivity contribution in [2.75, 3.05) is 13.2 Å². The fourth-order valence-electron chi connectivity index (χ4n) is 3.02. The van der Waals surface area contributed by atoms with Gasteiger partial charge in [-0.15, -0.1) is 5.10 Å². The minimum Gasteiger partial charge on any atom is -0.393 e. The summed E-state index contributed by atoms with van der Waals surface area (Å²) in [5, 5.41) is 13.7. The van der Waals surface area contributed by atoms with E-state index in [2.05, 4.69) is 15.1 Å². The van der Waals surface area contributed by atoms with E-state index >= 15 is 0 Å².